The Morgan fingerprint density at radius 1 is 1.62 bits per heavy atom. The van der Waals surface area contributed by atoms with Gasteiger partial charge in [0.1, 0.15) is 0 Å². The minimum atomic E-state index is 0.0566. The molecule has 0 saturated heterocycles. The van der Waals surface area contributed by atoms with Gasteiger partial charge < -0.3 is 11.1 Å². The fourth-order valence-electron chi connectivity index (χ4n) is 1.43. The van der Waals surface area contributed by atoms with Crippen LogP contribution < -0.4 is 11.1 Å². The van der Waals surface area contributed by atoms with Crippen LogP contribution in [0.25, 0.3) is 0 Å². The number of rotatable bonds is 6. The molecular formula is C12H19N3O. The summed E-state index contributed by atoms with van der Waals surface area (Å²) in [5, 5.41) is 2.90. The van der Waals surface area contributed by atoms with E-state index < -0.39 is 0 Å². The van der Waals surface area contributed by atoms with E-state index in [4.69, 9.17) is 5.73 Å². The highest BCUT2D eigenvalue weighted by atomic mass is 16.1. The number of carbonyl (C=O) groups is 1. The maximum atomic E-state index is 11.6. The summed E-state index contributed by atoms with van der Waals surface area (Å²) >= 11 is 0. The van der Waals surface area contributed by atoms with Crippen molar-refractivity contribution in [2.45, 2.75) is 32.2 Å². The number of carbonyl (C=O) groups excluding carboxylic acids is 1. The van der Waals surface area contributed by atoms with Crippen molar-refractivity contribution in [1.82, 2.24) is 10.3 Å². The molecule has 16 heavy (non-hydrogen) atoms. The molecule has 88 valence electrons. The Morgan fingerprint density at radius 3 is 3.00 bits per heavy atom. The van der Waals surface area contributed by atoms with Crippen molar-refractivity contribution < 1.29 is 4.79 Å². The number of hydrogen-bond acceptors (Lipinski definition) is 3. The standard InChI is InChI=1S/C12H19N3O/c1-2-11(8-13)15-12(16)6-5-10-4-3-7-14-9-10/h3-4,7,9,11H,2,5-6,8,13H2,1H3,(H,15,16). The highest BCUT2D eigenvalue weighted by Crippen LogP contribution is 2.00. The molecule has 0 aliphatic heterocycles. The van der Waals surface area contributed by atoms with Crippen LogP contribution in [0.1, 0.15) is 25.3 Å². The van der Waals surface area contributed by atoms with Crippen molar-refractivity contribution in [2.75, 3.05) is 6.54 Å². The molecule has 0 saturated carbocycles. The van der Waals surface area contributed by atoms with E-state index >= 15 is 0 Å². The van der Waals surface area contributed by atoms with Gasteiger partial charge in [0.05, 0.1) is 0 Å². The predicted molar refractivity (Wildman–Crippen MR) is 63.8 cm³/mol. The molecule has 1 aromatic rings. The Bertz CT molecular complexity index is 309. The Morgan fingerprint density at radius 2 is 2.44 bits per heavy atom. The minimum Gasteiger partial charge on any atom is -0.352 e. The molecule has 0 radical (unpaired) electrons. The fourth-order valence-corrected chi connectivity index (χ4v) is 1.43. The van der Waals surface area contributed by atoms with Gasteiger partial charge in [0, 0.05) is 31.4 Å². The second-order valence-electron chi connectivity index (χ2n) is 3.77. The summed E-state index contributed by atoms with van der Waals surface area (Å²) < 4.78 is 0. The lowest BCUT2D eigenvalue weighted by Gasteiger charge is -2.14. The molecule has 0 spiro atoms. The number of pyridine rings is 1. The van der Waals surface area contributed by atoms with E-state index in [2.05, 4.69) is 10.3 Å². The quantitative estimate of drug-likeness (QED) is 0.749. The van der Waals surface area contributed by atoms with Gasteiger partial charge in [-0.05, 0) is 24.5 Å². The van der Waals surface area contributed by atoms with Crippen molar-refractivity contribution >= 4 is 5.91 Å². The minimum absolute atomic E-state index is 0.0566. The summed E-state index contributed by atoms with van der Waals surface area (Å²) in [7, 11) is 0. The van der Waals surface area contributed by atoms with Crippen molar-refractivity contribution in [1.29, 1.82) is 0 Å². The van der Waals surface area contributed by atoms with Gasteiger partial charge in [-0.25, -0.2) is 0 Å². The molecular weight excluding hydrogens is 202 g/mol. The van der Waals surface area contributed by atoms with E-state index in [0.717, 1.165) is 18.4 Å². The number of nitrogens with zero attached hydrogens (tertiary/aromatic N) is 1. The first-order valence-corrected chi connectivity index (χ1v) is 5.64. The molecule has 0 aromatic carbocycles. The van der Waals surface area contributed by atoms with Gasteiger partial charge in [0.25, 0.3) is 0 Å². The molecule has 1 amide bonds. The van der Waals surface area contributed by atoms with E-state index in [-0.39, 0.29) is 11.9 Å². The third-order valence-corrected chi connectivity index (χ3v) is 2.51. The van der Waals surface area contributed by atoms with Crippen LogP contribution in [-0.4, -0.2) is 23.5 Å². The van der Waals surface area contributed by atoms with Crippen molar-refractivity contribution in [3.63, 3.8) is 0 Å². The number of nitrogens with two attached hydrogens (primary N) is 1. The van der Waals surface area contributed by atoms with E-state index in [1.807, 2.05) is 19.1 Å². The van der Waals surface area contributed by atoms with Crippen LogP contribution in [-0.2, 0) is 11.2 Å². The van der Waals surface area contributed by atoms with Crippen molar-refractivity contribution in [2.24, 2.45) is 5.73 Å². The molecule has 1 heterocycles. The first kappa shape index (κ1) is 12.6. The Labute approximate surface area is 96.3 Å². The van der Waals surface area contributed by atoms with Gasteiger partial charge in [-0.2, -0.15) is 0 Å². The lowest BCUT2D eigenvalue weighted by molar-refractivity contribution is -0.121. The summed E-state index contributed by atoms with van der Waals surface area (Å²) in [5.41, 5.74) is 6.60. The van der Waals surface area contributed by atoms with Crippen LogP contribution in [0.15, 0.2) is 24.5 Å². The highest BCUT2D eigenvalue weighted by Gasteiger charge is 2.08. The number of aryl methyl sites for hydroxylation is 1. The molecule has 0 bridgehead atoms. The average molecular weight is 221 g/mol. The van der Waals surface area contributed by atoms with Crippen LogP contribution in [0, 0.1) is 0 Å². The SMILES string of the molecule is CCC(CN)NC(=O)CCc1cccnc1. The fraction of sp³-hybridized carbons (Fsp3) is 0.500. The second-order valence-corrected chi connectivity index (χ2v) is 3.77. The summed E-state index contributed by atoms with van der Waals surface area (Å²) in [6.07, 6.45) is 5.59. The topological polar surface area (TPSA) is 68.0 Å². The summed E-state index contributed by atoms with van der Waals surface area (Å²) in [6, 6.07) is 3.95. The number of amides is 1. The third-order valence-electron chi connectivity index (χ3n) is 2.51. The van der Waals surface area contributed by atoms with Crippen LogP contribution in [0.4, 0.5) is 0 Å². The highest BCUT2D eigenvalue weighted by molar-refractivity contribution is 5.76. The van der Waals surface area contributed by atoms with Gasteiger partial charge in [-0.15, -0.1) is 0 Å². The average Bonchev–Trinajstić information content (AvgIpc) is 2.34. The van der Waals surface area contributed by atoms with E-state index in [1.165, 1.54) is 0 Å². The van der Waals surface area contributed by atoms with Gasteiger partial charge in [0.15, 0.2) is 0 Å². The summed E-state index contributed by atoms with van der Waals surface area (Å²) in [4.78, 5) is 15.6. The first-order valence-electron chi connectivity index (χ1n) is 5.64. The summed E-state index contributed by atoms with van der Waals surface area (Å²) in [6.45, 7) is 2.51. The molecule has 1 unspecified atom stereocenters. The van der Waals surface area contributed by atoms with Gasteiger partial charge in [-0.1, -0.05) is 13.0 Å². The van der Waals surface area contributed by atoms with Gasteiger partial charge in [0.2, 0.25) is 5.91 Å². The van der Waals surface area contributed by atoms with Crippen LogP contribution >= 0.6 is 0 Å². The molecule has 4 nitrogen and oxygen atoms in total. The zero-order valence-electron chi connectivity index (χ0n) is 9.65. The van der Waals surface area contributed by atoms with Gasteiger partial charge in [-0.3, -0.25) is 9.78 Å². The molecule has 0 aliphatic carbocycles. The van der Waals surface area contributed by atoms with Crippen LogP contribution in [0.2, 0.25) is 0 Å². The smallest absolute Gasteiger partial charge is 0.220 e. The molecule has 0 aliphatic rings. The normalized spacial score (nSPS) is 12.1. The third kappa shape index (κ3) is 4.40. The van der Waals surface area contributed by atoms with Crippen molar-refractivity contribution in [3.8, 4) is 0 Å². The first-order chi connectivity index (χ1) is 7.76. The Hall–Kier alpha value is -1.42. The number of hydrogen-bond donors (Lipinski definition) is 2. The lowest BCUT2D eigenvalue weighted by Crippen LogP contribution is -2.39. The van der Waals surface area contributed by atoms with Crippen LogP contribution in [0.3, 0.4) is 0 Å². The molecule has 1 atom stereocenters. The van der Waals surface area contributed by atoms with Crippen LogP contribution in [0.5, 0.6) is 0 Å². The Kier molecular flexibility index (Phi) is 5.50. The molecule has 0 fully saturated rings. The lowest BCUT2D eigenvalue weighted by atomic mass is 10.1. The maximum absolute atomic E-state index is 11.6. The second kappa shape index (κ2) is 6.95. The molecule has 4 heteroatoms. The molecule has 1 rings (SSSR count). The molecule has 3 N–H and O–H groups in total. The van der Waals surface area contributed by atoms with Gasteiger partial charge >= 0.3 is 0 Å². The van der Waals surface area contributed by atoms with E-state index in [9.17, 15) is 4.79 Å². The number of nitrogens with one attached hydrogen (secondary N) is 1. The largest absolute Gasteiger partial charge is 0.352 e. The van der Waals surface area contributed by atoms with Crippen molar-refractivity contribution in [3.05, 3.63) is 30.1 Å². The monoisotopic (exact) mass is 221 g/mol. The Balaban J connectivity index is 2.30. The summed E-state index contributed by atoms with van der Waals surface area (Å²) in [5.74, 6) is 0.0566. The van der Waals surface area contributed by atoms with E-state index in [0.29, 0.717) is 13.0 Å². The molecule has 1 aromatic heterocycles. The zero-order chi connectivity index (χ0) is 11.8. The zero-order valence-corrected chi connectivity index (χ0v) is 9.65. The maximum Gasteiger partial charge on any atom is 0.220 e. The predicted octanol–water partition coefficient (Wildman–Crippen LogP) is 0.868. The number of aromatic nitrogens is 1. The van der Waals surface area contributed by atoms with E-state index in [1.54, 1.807) is 12.4 Å².